The number of nitrogens with zero attached hydrogens (tertiary/aromatic N) is 1. The Kier molecular flexibility index (Phi) is 5.09. The second kappa shape index (κ2) is 6.36. The molecule has 1 aromatic heterocycles. The van der Waals surface area contributed by atoms with Gasteiger partial charge in [0.2, 0.25) is 0 Å². The van der Waals surface area contributed by atoms with Gasteiger partial charge in [0.15, 0.2) is 0 Å². The van der Waals surface area contributed by atoms with Crippen LogP contribution in [-0.4, -0.2) is 11.1 Å². The highest BCUT2D eigenvalue weighted by molar-refractivity contribution is 5.40. The molecule has 0 saturated heterocycles. The topological polar surface area (TPSA) is 34.0 Å². The van der Waals surface area contributed by atoms with E-state index in [1.165, 1.54) is 12.8 Å². The number of anilines is 1. The Labute approximate surface area is 97.5 Å². The van der Waals surface area contributed by atoms with Gasteiger partial charge in [0.05, 0.1) is 5.69 Å². The lowest BCUT2D eigenvalue weighted by molar-refractivity contribution is 0.519. The minimum absolute atomic E-state index is 0.0654. The first kappa shape index (κ1) is 12.8. The molecule has 0 aliphatic carbocycles. The van der Waals surface area contributed by atoms with Gasteiger partial charge >= 0.3 is 0 Å². The van der Waals surface area contributed by atoms with Crippen molar-refractivity contribution in [3.63, 3.8) is 0 Å². The molecule has 0 radical (unpaired) electrons. The Morgan fingerprint density at radius 2 is 1.94 bits per heavy atom. The summed E-state index contributed by atoms with van der Waals surface area (Å²) in [5, 5.41) is 3.39. The van der Waals surface area contributed by atoms with Gasteiger partial charge in [0.1, 0.15) is 0 Å². The number of nitrogens with one attached hydrogen (secondary N) is 1. The van der Waals surface area contributed by atoms with Crippen molar-refractivity contribution >= 4 is 5.69 Å². The fraction of sp³-hybridized carbons (Fsp3) is 0.615. The number of rotatable bonds is 6. The average molecular weight is 222 g/mol. The van der Waals surface area contributed by atoms with Crippen LogP contribution in [0.1, 0.15) is 33.6 Å². The van der Waals surface area contributed by atoms with Gasteiger partial charge in [-0.2, -0.15) is 0 Å². The first-order chi connectivity index (χ1) is 7.71. The second-order valence-corrected chi connectivity index (χ2v) is 4.11. The van der Waals surface area contributed by atoms with E-state index in [9.17, 15) is 4.79 Å². The molecule has 0 bridgehead atoms. The second-order valence-electron chi connectivity index (χ2n) is 4.11. The smallest absolute Gasteiger partial charge is 0.250 e. The van der Waals surface area contributed by atoms with Crippen LogP contribution < -0.4 is 10.9 Å². The zero-order valence-electron chi connectivity index (χ0n) is 10.5. The lowest BCUT2D eigenvalue weighted by atomic mass is 10.0. The molecule has 0 saturated carbocycles. The molecule has 0 amide bonds. The Hall–Kier alpha value is -1.25. The summed E-state index contributed by atoms with van der Waals surface area (Å²) in [5.74, 6) is 0.710. The quantitative estimate of drug-likeness (QED) is 0.803. The van der Waals surface area contributed by atoms with Crippen LogP contribution in [0.25, 0.3) is 0 Å². The zero-order chi connectivity index (χ0) is 12.0. The highest BCUT2D eigenvalue weighted by Gasteiger charge is 2.03. The van der Waals surface area contributed by atoms with Crippen LogP contribution in [0.15, 0.2) is 23.1 Å². The monoisotopic (exact) mass is 222 g/mol. The van der Waals surface area contributed by atoms with Gasteiger partial charge < -0.3 is 9.88 Å². The molecule has 3 nitrogen and oxygen atoms in total. The van der Waals surface area contributed by atoms with E-state index < -0.39 is 0 Å². The first-order valence-electron chi connectivity index (χ1n) is 6.15. The summed E-state index contributed by atoms with van der Waals surface area (Å²) in [7, 11) is 0. The van der Waals surface area contributed by atoms with E-state index in [1.807, 2.05) is 19.2 Å². The maximum atomic E-state index is 11.4. The predicted octanol–water partition coefficient (Wildman–Crippen LogP) is 2.72. The van der Waals surface area contributed by atoms with Crippen molar-refractivity contribution in [3.05, 3.63) is 28.7 Å². The maximum Gasteiger partial charge on any atom is 0.250 e. The Bertz CT molecular complexity index is 366. The molecule has 0 unspecified atom stereocenters. The van der Waals surface area contributed by atoms with Gasteiger partial charge in [-0.05, 0) is 18.9 Å². The summed E-state index contributed by atoms with van der Waals surface area (Å²) in [4.78, 5) is 11.4. The molecule has 0 aromatic carbocycles. The fourth-order valence-corrected chi connectivity index (χ4v) is 1.72. The zero-order valence-corrected chi connectivity index (χ0v) is 10.5. The van der Waals surface area contributed by atoms with Gasteiger partial charge in [-0.25, -0.2) is 0 Å². The van der Waals surface area contributed by atoms with Crippen molar-refractivity contribution in [2.75, 3.05) is 11.9 Å². The minimum atomic E-state index is 0.0654. The third-order valence-corrected chi connectivity index (χ3v) is 3.07. The minimum Gasteiger partial charge on any atom is -0.384 e. The fourth-order valence-electron chi connectivity index (χ4n) is 1.72. The molecular weight excluding hydrogens is 200 g/mol. The number of hydrogen-bond donors (Lipinski definition) is 1. The summed E-state index contributed by atoms with van der Waals surface area (Å²) in [6.07, 6.45) is 4.28. The van der Waals surface area contributed by atoms with E-state index in [1.54, 1.807) is 10.6 Å². The number of hydrogen-bond acceptors (Lipinski definition) is 2. The van der Waals surface area contributed by atoms with Crippen LogP contribution in [0.5, 0.6) is 0 Å². The number of aromatic nitrogens is 1. The molecular formula is C13H22N2O. The lowest BCUT2D eigenvalue weighted by Gasteiger charge is -2.14. The van der Waals surface area contributed by atoms with Gasteiger partial charge in [-0.3, -0.25) is 4.79 Å². The van der Waals surface area contributed by atoms with Gasteiger partial charge in [0.25, 0.3) is 5.56 Å². The Morgan fingerprint density at radius 1 is 1.25 bits per heavy atom. The van der Waals surface area contributed by atoms with Gasteiger partial charge in [-0.1, -0.05) is 26.7 Å². The van der Waals surface area contributed by atoms with E-state index in [0.29, 0.717) is 5.92 Å². The van der Waals surface area contributed by atoms with Gasteiger partial charge in [-0.15, -0.1) is 0 Å². The van der Waals surface area contributed by atoms with Crippen molar-refractivity contribution in [2.24, 2.45) is 5.92 Å². The Morgan fingerprint density at radius 3 is 2.50 bits per heavy atom. The molecule has 0 fully saturated rings. The largest absolute Gasteiger partial charge is 0.384 e. The van der Waals surface area contributed by atoms with Gasteiger partial charge in [0, 0.05) is 25.4 Å². The van der Waals surface area contributed by atoms with Crippen LogP contribution in [0, 0.1) is 5.92 Å². The SMILES string of the molecule is CCC(CC)CNc1ccc(=O)n(CC)c1. The molecule has 0 aliphatic rings. The lowest BCUT2D eigenvalue weighted by Crippen LogP contribution is -2.19. The highest BCUT2D eigenvalue weighted by atomic mass is 16.1. The van der Waals surface area contributed by atoms with E-state index in [-0.39, 0.29) is 5.56 Å². The highest BCUT2D eigenvalue weighted by Crippen LogP contribution is 2.10. The molecule has 1 heterocycles. The molecule has 1 rings (SSSR count). The molecule has 0 aliphatic heterocycles. The molecule has 0 atom stereocenters. The molecule has 3 heteroatoms. The Balaban J connectivity index is 2.64. The van der Waals surface area contributed by atoms with Crippen molar-refractivity contribution in [3.8, 4) is 0 Å². The molecule has 16 heavy (non-hydrogen) atoms. The van der Waals surface area contributed by atoms with Crippen LogP contribution in [0.3, 0.4) is 0 Å². The third kappa shape index (κ3) is 3.40. The maximum absolute atomic E-state index is 11.4. The normalized spacial score (nSPS) is 10.8. The summed E-state index contributed by atoms with van der Waals surface area (Å²) in [5.41, 5.74) is 1.10. The number of pyridine rings is 1. The summed E-state index contributed by atoms with van der Waals surface area (Å²) in [6, 6.07) is 3.48. The first-order valence-corrected chi connectivity index (χ1v) is 6.15. The van der Waals surface area contributed by atoms with Crippen molar-refractivity contribution in [1.82, 2.24) is 4.57 Å². The average Bonchev–Trinajstić information content (AvgIpc) is 2.32. The molecule has 1 N–H and O–H groups in total. The van der Waals surface area contributed by atoms with E-state index in [2.05, 4.69) is 19.2 Å². The van der Waals surface area contributed by atoms with E-state index >= 15 is 0 Å². The van der Waals surface area contributed by atoms with E-state index in [0.717, 1.165) is 18.8 Å². The summed E-state index contributed by atoms with van der Waals surface area (Å²) >= 11 is 0. The van der Waals surface area contributed by atoms with Crippen LogP contribution in [0.2, 0.25) is 0 Å². The van der Waals surface area contributed by atoms with Crippen molar-refractivity contribution in [1.29, 1.82) is 0 Å². The van der Waals surface area contributed by atoms with Crippen molar-refractivity contribution < 1.29 is 0 Å². The molecule has 0 spiro atoms. The van der Waals surface area contributed by atoms with E-state index in [4.69, 9.17) is 0 Å². The van der Waals surface area contributed by atoms with Crippen molar-refractivity contribution in [2.45, 2.75) is 40.2 Å². The molecule has 1 aromatic rings. The van der Waals surface area contributed by atoms with Crippen LogP contribution >= 0.6 is 0 Å². The van der Waals surface area contributed by atoms with Crippen LogP contribution in [-0.2, 0) is 6.54 Å². The number of aryl methyl sites for hydroxylation is 1. The summed E-state index contributed by atoms with van der Waals surface area (Å²) < 4.78 is 1.72. The third-order valence-electron chi connectivity index (χ3n) is 3.07. The summed E-state index contributed by atoms with van der Waals surface area (Å²) in [6.45, 7) is 8.10. The molecule has 90 valence electrons. The standard InChI is InChI=1S/C13H22N2O/c1-4-11(5-2)9-14-12-7-8-13(16)15(6-3)10-12/h7-8,10-11,14H,4-6,9H2,1-3H3. The van der Waals surface area contributed by atoms with Crippen LogP contribution in [0.4, 0.5) is 5.69 Å². The predicted molar refractivity (Wildman–Crippen MR) is 68.9 cm³/mol.